The van der Waals surface area contributed by atoms with Gasteiger partial charge >= 0.3 is 6.18 Å². The number of alkyl halides is 3. The van der Waals surface area contributed by atoms with Gasteiger partial charge in [-0.1, -0.05) is 17.7 Å². The van der Waals surface area contributed by atoms with E-state index in [1.54, 1.807) is 15.9 Å². The van der Waals surface area contributed by atoms with Gasteiger partial charge in [0, 0.05) is 62.9 Å². The van der Waals surface area contributed by atoms with Crippen LogP contribution in [0.1, 0.15) is 22.3 Å². The molecule has 0 aliphatic carbocycles. The van der Waals surface area contributed by atoms with Crippen LogP contribution < -0.4 is 15.5 Å². The summed E-state index contributed by atoms with van der Waals surface area (Å²) in [4.78, 5) is 30.7. The second-order valence-corrected chi connectivity index (χ2v) is 10.8. The number of nitrogens with one attached hydrogen (secondary N) is 2. The molecule has 3 N–H and O–H groups in total. The zero-order valence-corrected chi connectivity index (χ0v) is 24.0. The number of piperazine rings is 1. The lowest BCUT2D eigenvalue weighted by Crippen LogP contribution is -2.47. The summed E-state index contributed by atoms with van der Waals surface area (Å²) in [6, 6.07) is 6.96. The molecule has 43 heavy (non-hydrogen) atoms. The largest absolute Gasteiger partial charge is 0.394 e. The zero-order valence-electron chi connectivity index (χ0n) is 23.2. The second-order valence-electron chi connectivity index (χ2n) is 10.4. The zero-order chi connectivity index (χ0) is 31.1. The van der Waals surface area contributed by atoms with Crippen molar-refractivity contribution in [3.63, 3.8) is 0 Å². The van der Waals surface area contributed by atoms with Gasteiger partial charge in [0.2, 0.25) is 5.91 Å². The van der Waals surface area contributed by atoms with E-state index in [0.717, 1.165) is 6.07 Å². The first-order valence-corrected chi connectivity index (χ1v) is 14.1. The summed E-state index contributed by atoms with van der Waals surface area (Å²) in [6.45, 7) is 2.11. The Bertz CT molecular complexity index is 1290. The molecule has 2 aliphatic heterocycles. The highest BCUT2D eigenvalue weighted by Crippen LogP contribution is 2.31. The lowest BCUT2D eigenvalue weighted by molar-refractivity contribution is -0.138. The molecule has 1 unspecified atom stereocenters. The van der Waals surface area contributed by atoms with Crippen LogP contribution in [-0.2, 0) is 16.1 Å². The molecule has 4 rings (SSSR count). The molecule has 2 fully saturated rings. The van der Waals surface area contributed by atoms with Crippen molar-refractivity contribution in [2.45, 2.75) is 25.2 Å². The molecule has 15 heteroatoms. The van der Waals surface area contributed by atoms with Gasteiger partial charge in [-0.15, -0.1) is 0 Å². The van der Waals surface area contributed by atoms with Gasteiger partial charge in [-0.2, -0.15) is 13.2 Å². The highest BCUT2D eigenvalue weighted by atomic mass is 35.5. The Labute approximate surface area is 250 Å². The van der Waals surface area contributed by atoms with Crippen molar-refractivity contribution in [2.75, 3.05) is 75.8 Å². The molecule has 0 aromatic heterocycles. The second kappa shape index (κ2) is 14.6. The predicted octanol–water partition coefficient (Wildman–Crippen LogP) is 3.25. The fourth-order valence-corrected chi connectivity index (χ4v) is 5.11. The summed E-state index contributed by atoms with van der Waals surface area (Å²) in [5.74, 6) is -3.98. The molecular formula is C28H33ClF5N5O4. The number of carbonyl (C=O) groups is 2. The Kier molecular flexibility index (Phi) is 11.2. The van der Waals surface area contributed by atoms with Gasteiger partial charge < -0.3 is 25.4 Å². The third kappa shape index (κ3) is 9.22. The number of halogens is 6. The molecule has 1 atom stereocenters. The lowest BCUT2D eigenvalue weighted by atomic mass is 10.1. The topological polar surface area (TPSA) is 97.4 Å². The third-order valence-electron chi connectivity index (χ3n) is 7.31. The maximum Gasteiger partial charge on any atom is 0.390 e. The van der Waals surface area contributed by atoms with Crippen LogP contribution in [-0.4, -0.2) is 105 Å². The van der Waals surface area contributed by atoms with E-state index in [-0.39, 0.29) is 37.5 Å². The van der Waals surface area contributed by atoms with E-state index in [1.165, 1.54) is 18.2 Å². The van der Waals surface area contributed by atoms with E-state index in [9.17, 15) is 32.3 Å². The first-order valence-electron chi connectivity index (χ1n) is 13.8. The average molecular weight is 634 g/mol. The summed E-state index contributed by atoms with van der Waals surface area (Å²) in [6.07, 6.45) is -5.53. The molecule has 0 bridgehead atoms. The first-order chi connectivity index (χ1) is 20.4. The summed E-state index contributed by atoms with van der Waals surface area (Å²) in [5, 5.41) is 14.7. The number of benzene rings is 2. The number of hydrogen-bond donors (Lipinski definition) is 3. The van der Waals surface area contributed by atoms with Gasteiger partial charge in [0.05, 0.1) is 49.2 Å². The highest BCUT2D eigenvalue weighted by molar-refractivity contribution is 6.31. The number of hydrogen-bond acceptors (Lipinski definition) is 7. The molecule has 0 spiro atoms. The summed E-state index contributed by atoms with van der Waals surface area (Å²) < 4.78 is 73.0. The number of rotatable bonds is 10. The minimum Gasteiger partial charge on any atom is -0.394 e. The third-order valence-corrected chi connectivity index (χ3v) is 7.54. The number of aliphatic hydroxyl groups excluding tert-OH is 1. The number of aliphatic hydroxyl groups is 1. The van der Waals surface area contributed by atoms with Crippen LogP contribution in [0.4, 0.5) is 33.3 Å². The van der Waals surface area contributed by atoms with Crippen LogP contribution in [0.15, 0.2) is 30.3 Å². The lowest BCUT2D eigenvalue weighted by Gasteiger charge is -2.37. The Morgan fingerprint density at radius 1 is 1.02 bits per heavy atom. The minimum atomic E-state index is -4.24. The van der Waals surface area contributed by atoms with Crippen LogP contribution in [0.5, 0.6) is 0 Å². The first kappa shape index (κ1) is 32.9. The molecule has 0 radical (unpaired) electrons. The van der Waals surface area contributed by atoms with Crippen LogP contribution >= 0.6 is 11.6 Å². The molecule has 2 heterocycles. The molecule has 9 nitrogen and oxygen atoms in total. The summed E-state index contributed by atoms with van der Waals surface area (Å²) >= 11 is 6.17. The van der Waals surface area contributed by atoms with E-state index in [2.05, 4.69) is 10.6 Å². The normalized spacial score (nSPS) is 18.5. The van der Waals surface area contributed by atoms with Crippen molar-refractivity contribution >= 4 is 34.8 Å². The van der Waals surface area contributed by atoms with Gasteiger partial charge in [0.1, 0.15) is 0 Å². The van der Waals surface area contributed by atoms with Gasteiger partial charge in [0.25, 0.3) is 5.91 Å². The average Bonchev–Trinajstić information content (AvgIpc) is 2.97. The van der Waals surface area contributed by atoms with E-state index < -0.39 is 47.7 Å². The monoisotopic (exact) mass is 633 g/mol. The van der Waals surface area contributed by atoms with E-state index in [1.807, 2.05) is 4.90 Å². The van der Waals surface area contributed by atoms with Crippen LogP contribution in [0.3, 0.4) is 0 Å². The van der Waals surface area contributed by atoms with Crippen LogP contribution in [0.25, 0.3) is 0 Å². The van der Waals surface area contributed by atoms with E-state index >= 15 is 4.39 Å². The Balaban J connectivity index is 1.36. The fourth-order valence-electron chi connectivity index (χ4n) is 4.95. The number of amides is 2. The summed E-state index contributed by atoms with van der Waals surface area (Å²) in [7, 11) is 0. The highest BCUT2D eigenvalue weighted by Gasteiger charge is 2.29. The van der Waals surface area contributed by atoms with Crippen molar-refractivity contribution in [1.82, 2.24) is 15.1 Å². The number of morpholine rings is 1. The van der Waals surface area contributed by atoms with Crippen LogP contribution in [0, 0.1) is 11.6 Å². The van der Waals surface area contributed by atoms with Crippen molar-refractivity contribution in [2.24, 2.45) is 0 Å². The maximum atomic E-state index is 15.0. The Morgan fingerprint density at radius 3 is 2.47 bits per heavy atom. The van der Waals surface area contributed by atoms with Gasteiger partial charge in [-0.3, -0.25) is 19.4 Å². The van der Waals surface area contributed by atoms with Crippen molar-refractivity contribution < 1.29 is 41.4 Å². The quantitative estimate of drug-likeness (QED) is 0.346. The SMILES string of the molecule is O=C(CN1CCOC(CO)C1)NCc1ccc(C(=O)Nc2ccc(Cl)cc2N2CCN(CCC(F)(F)F)CC2)c(F)c1F. The van der Waals surface area contributed by atoms with Gasteiger partial charge in [0.15, 0.2) is 11.6 Å². The molecule has 2 amide bonds. The number of carbonyl (C=O) groups excluding carboxylic acids is 2. The van der Waals surface area contributed by atoms with E-state index in [4.69, 9.17) is 16.3 Å². The predicted molar refractivity (Wildman–Crippen MR) is 150 cm³/mol. The standard InChI is InChI=1S/C28H33ClF5N5O4/c29-19-2-4-22(23(13-19)39-9-7-37(8-10-39)6-5-28(32,33)34)36-27(42)21-3-1-18(25(30)26(21)31)14-35-24(41)16-38-11-12-43-20(15-38)17-40/h1-4,13,20,40H,5-12,14-17H2,(H,35,41)(H,36,42). The smallest absolute Gasteiger partial charge is 0.390 e. The number of anilines is 2. The molecule has 2 saturated heterocycles. The molecule has 2 aromatic rings. The van der Waals surface area contributed by atoms with Crippen LogP contribution in [0.2, 0.25) is 5.02 Å². The van der Waals surface area contributed by atoms with Gasteiger partial charge in [-0.25, -0.2) is 8.78 Å². The Morgan fingerprint density at radius 2 is 1.77 bits per heavy atom. The number of nitrogens with zero attached hydrogens (tertiary/aromatic N) is 3. The number of ether oxygens (including phenoxy) is 1. The molecule has 236 valence electrons. The van der Waals surface area contributed by atoms with Crippen molar-refractivity contribution in [1.29, 1.82) is 0 Å². The fraction of sp³-hybridized carbons (Fsp3) is 0.500. The molecule has 0 saturated carbocycles. The van der Waals surface area contributed by atoms with Crippen molar-refractivity contribution in [3.05, 3.63) is 58.1 Å². The van der Waals surface area contributed by atoms with E-state index in [0.29, 0.717) is 56.6 Å². The van der Waals surface area contributed by atoms with Gasteiger partial charge in [-0.05, 0) is 24.3 Å². The minimum absolute atomic E-state index is 0.00349. The Hall–Kier alpha value is -3.04. The van der Waals surface area contributed by atoms with Crippen molar-refractivity contribution in [3.8, 4) is 0 Å². The molecule has 2 aliphatic rings. The maximum absolute atomic E-state index is 15.0. The molecule has 2 aromatic carbocycles. The summed E-state index contributed by atoms with van der Waals surface area (Å²) in [5.41, 5.74) is 0.0879. The molecular weight excluding hydrogens is 601 g/mol.